The molecule has 0 bridgehead atoms. The van der Waals surface area contributed by atoms with Gasteiger partial charge in [0.05, 0.1) is 5.56 Å². The number of rotatable bonds is 6. The Hall–Kier alpha value is -1.14. The summed E-state index contributed by atoms with van der Waals surface area (Å²) >= 11 is 1.52. The average Bonchev–Trinajstić information content (AvgIpc) is 2.46. The highest BCUT2D eigenvalue weighted by molar-refractivity contribution is 14.1. The lowest BCUT2D eigenvalue weighted by Crippen LogP contribution is -2.50. The van der Waals surface area contributed by atoms with Crippen molar-refractivity contribution < 1.29 is 30.7 Å². The molecule has 0 amide bonds. The maximum Gasteiger partial charge on any atom is 0.460 e. The van der Waals surface area contributed by atoms with E-state index in [1.165, 1.54) is 33.7 Å². The minimum absolute atomic E-state index is 0.0334. The number of benzene rings is 1. The van der Waals surface area contributed by atoms with Crippen LogP contribution in [0.4, 0.5) is 36.4 Å². The zero-order valence-corrected chi connectivity index (χ0v) is 16.4. The Balaban J connectivity index is 3.51. The Labute approximate surface area is 159 Å². The van der Waals surface area contributed by atoms with Gasteiger partial charge in [-0.15, -0.1) is 5.11 Å². The molecule has 3 nitrogen and oxygen atoms in total. The van der Waals surface area contributed by atoms with Crippen molar-refractivity contribution in [2.75, 3.05) is 0 Å². The first-order valence-corrected chi connectivity index (χ1v) is 8.53. The molecule has 1 rings (SSSR count). The Kier molecular flexibility index (Phi) is 6.91. The van der Waals surface area contributed by atoms with Gasteiger partial charge < -0.3 is 0 Å². The highest BCUT2D eigenvalue weighted by atomic mass is 127. The predicted octanol–water partition coefficient (Wildman–Crippen LogP) is 6.70. The highest BCUT2D eigenvalue weighted by Gasteiger charge is 2.74. The third-order valence-electron chi connectivity index (χ3n) is 3.38. The van der Waals surface area contributed by atoms with Crippen LogP contribution in [0, 0.1) is 3.57 Å². The van der Waals surface area contributed by atoms with Gasteiger partial charge in [-0.1, -0.05) is 17.4 Å². The summed E-state index contributed by atoms with van der Waals surface area (Å²) in [6, 6.07) is 2.32. The molecule has 26 heavy (non-hydrogen) atoms. The minimum atomic E-state index is -6.42. The van der Waals surface area contributed by atoms with Crippen LogP contribution in [0.5, 0.6) is 0 Å². The predicted molar refractivity (Wildman–Crippen MR) is 90.7 cm³/mol. The van der Waals surface area contributed by atoms with E-state index in [1.54, 1.807) is 27.7 Å². The van der Waals surface area contributed by atoms with Crippen molar-refractivity contribution in [3.8, 4) is 0 Å². The third kappa shape index (κ3) is 4.39. The smallest absolute Gasteiger partial charge is 0.273 e. The van der Waals surface area contributed by atoms with Gasteiger partial charge >= 0.3 is 18.0 Å². The molecule has 11 heteroatoms. The third-order valence-corrected chi connectivity index (χ3v) is 4.25. The van der Waals surface area contributed by atoms with Gasteiger partial charge in [-0.2, -0.15) is 30.7 Å². The summed E-state index contributed by atoms with van der Waals surface area (Å²) in [5.41, 5.74) is -2.27. The molecule has 1 aromatic carbocycles. The van der Waals surface area contributed by atoms with Crippen molar-refractivity contribution in [2.45, 2.75) is 57.8 Å². The summed E-state index contributed by atoms with van der Waals surface area (Å²) in [5.74, 6) is -11.8. The fraction of sp³-hybridized carbons (Fsp3) is 0.600. The second kappa shape index (κ2) is 7.85. The summed E-state index contributed by atoms with van der Waals surface area (Å²) < 4.78 is 92.5. The molecular weight excluding hydrogens is 482 g/mol. The van der Waals surface area contributed by atoms with Crippen LogP contribution in [0.2, 0.25) is 0 Å². The second-order valence-corrected chi connectivity index (χ2v) is 7.20. The normalized spacial score (nSPS) is 13.9. The van der Waals surface area contributed by atoms with E-state index >= 15 is 0 Å². The Morgan fingerprint density at radius 2 is 1.42 bits per heavy atom. The quantitative estimate of drug-likeness (QED) is 0.185. The molecule has 0 N–H and O–H groups in total. The van der Waals surface area contributed by atoms with Crippen LogP contribution < -0.4 is 0 Å². The SMILES string of the molecule is CC(C)N(N=Nc1c(I)cccc1C(F)(F)C(F)(F)C(F)(F)F)C(C)C. The van der Waals surface area contributed by atoms with Crippen molar-refractivity contribution in [1.29, 1.82) is 0 Å². The van der Waals surface area contributed by atoms with Gasteiger partial charge in [-0.3, -0.25) is 5.01 Å². The number of alkyl halides is 7. The first kappa shape index (κ1) is 22.9. The van der Waals surface area contributed by atoms with Crippen LogP contribution >= 0.6 is 22.6 Å². The summed E-state index contributed by atoms with van der Waals surface area (Å²) in [4.78, 5) is 0. The molecule has 0 atom stereocenters. The van der Waals surface area contributed by atoms with E-state index in [0.29, 0.717) is 6.07 Å². The van der Waals surface area contributed by atoms with E-state index in [2.05, 4.69) is 10.3 Å². The standard InChI is InChI=1S/C15H17F7IN3/c1-8(2)26(9(3)4)25-24-12-10(6-5-7-11(12)23)13(16,17)14(18,19)15(20,21)22/h5-9H,1-4H3. The van der Waals surface area contributed by atoms with Gasteiger partial charge in [0.2, 0.25) is 0 Å². The number of nitrogens with zero attached hydrogens (tertiary/aromatic N) is 3. The topological polar surface area (TPSA) is 28.0 Å². The fourth-order valence-corrected chi connectivity index (χ4v) is 2.72. The maximum absolute atomic E-state index is 14.1. The van der Waals surface area contributed by atoms with Crippen LogP contribution in [0.1, 0.15) is 33.3 Å². The molecule has 148 valence electrons. The molecule has 0 saturated heterocycles. The highest BCUT2D eigenvalue weighted by Crippen LogP contribution is 2.54. The number of hydrogen-bond donors (Lipinski definition) is 0. The zero-order chi connectivity index (χ0) is 20.5. The number of hydrogen-bond acceptors (Lipinski definition) is 2. The van der Waals surface area contributed by atoms with Gasteiger partial charge in [-0.05, 0) is 56.4 Å². The first-order chi connectivity index (χ1) is 11.6. The second-order valence-electron chi connectivity index (χ2n) is 6.04. The van der Waals surface area contributed by atoms with Gasteiger partial charge in [0.25, 0.3) is 0 Å². The van der Waals surface area contributed by atoms with Crippen molar-refractivity contribution >= 4 is 28.3 Å². The van der Waals surface area contributed by atoms with Crippen molar-refractivity contribution in [1.82, 2.24) is 5.01 Å². The monoisotopic (exact) mass is 499 g/mol. The molecular formula is C15H17F7IN3. The van der Waals surface area contributed by atoms with Crippen LogP contribution in [0.25, 0.3) is 0 Å². The van der Waals surface area contributed by atoms with Crippen LogP contribution in [-0.4, -0.2) is 29.2 Å². The Morgan fingerprint density at radius 3 is 1.85 bits per heavy atom. The molecule has 0 aliphatic rings. The minimum Gasteiger partial charge on any atom is -0.273 e. The molecule has 0 spiro atoms. The maximum atomic E-state index is 14.1. The van der Waals surface area contributed by atoms with E-state index in [-0.39, 0.29) is 15.7 Å². The largest absolute Gasteiger partial charge is 0.460 e. The van der Waals surface area contributed by atoms with Gasteiger partial charge in [0, 0.05) is 15.7 Å². The lowest BCUT2D eigenvalue weighted by molar-refractivity contribution is -0.359. The van der Waals surface area contributed by atoms with Gasteiger partial charge in [0.1, 0.15) is 5.69 Å². The Morgan fingerprint density at radius 1 is 0.923 bits per heavy atom. The van der Waals surface area contributed by atoms with Crippen molar-refractivity contribution in [3.63, 3.8) is 0 Å². The molecule has 0 saturated carbocycles. The van der Waals surface area contributed by atoms with Crippen LogP contribution in [0.15, 0.2) is 28.5 Å². The number of halogens is 8. The van der Waals surface area contributed by atoms with Crippen molar-refractivity contribution in [3.05, 3.63) is 27.3 Å². The summed E-state index contributed by atoms with van der Waals surface area (Å²) in [6.45, 7) is 6.95. The van der Waals surface area contributed by atoms with Gasteiger partial charge in [0.15, 0.2) is 0 Å². The lowest BCUT2D eigenvalue weighted by Gasteiger charge is -2.29. The molecule has 0 aliphatic heterocycles. The lowest BCUT2D eigenvalue weighted by atomic mass is 10.00. The van der Waals surface area contributed by atoms with E-state index in [9.17, 15) is 30.7 Å². The summed E-state index contributed by atoms with van der Waals surface area (Å²) in [6.07, 6.45) is -6.42. The van der Waals surface area contributed by atoms with Gasteiger partial charge in [-0.25, -0.2) is 0 Å². The van der Waals surface area contributed by atoms with E-state index in [1.807, 2.05) is 0 Å². The zero-order valence-electron chi connectivity index (χ0n) is 14.3. The van der Waals surface area contributed by atoms with E-state index in [0.717, 1.165) is 6.07 Å². The molecule has 0 radical (unpaired) electrons. The molecule has 0 aromatic heterocycles. The summed E-state index contributed by atoms with van der Waals surface area (Å²) in [7, 11) is 0. The van der Waals surface area contributed by atoms with Crippen LogP contribution in [0.3, 0.4) is 0 Å². The first-order valence-electron chi connectivity index (χ1n) is 7.46. The molecule has 0 aliphatic carbocycles. The van der Waals surface area contributed by atoms with Crippen LogP contribution in [-0.2, 0) is 5.92 Å². The molecule has 0 unspecified atom stereocenters. The molecule has 0 fully saturated rings. The Bertz CT molecular complexity index is 649. The fourth-order valence-electron chi connectivity index (χ4n) is 2.12. The van der Waals surface area contributed by atoms with E-state index in [4.69, 9.17) is 0 Å². The van der Waals surface area contributed by atoms with E-state index < -0.39 is 29.3 Å². The molecule has 1 aromatic rings. The average molecular weight is 499 g/mol. The molecule has 0 heterocycles. The summed E-state index contributed by atoms with van der Waals surface area (Å²) in [5, 5.41) is 8.75. The van der Waals surface area contributed by atoms with Crippen molar-refractivity contribution in [2.24, 2.45) is 10.3 Å².